The van der Waals surface area contributed by atoms with E-state index in [1.165, 1.54) is 62.2 Å². The Balaban J connectivity index is 1.45. The van der Waals surface area contributed by atoms with Gasteiger partial charge < -0.3 is 19.4 Å². The van der Waals surface area contributed by atoms with Crippen molar-refractivity contribution in [1.29, 1.82) is 0 Å². The van der Waals surface area contributed by atoms with Gasteiger partial charge in [-0.05, 0) is 69.4 Å². The molecule has 0 unspecified atom stereocenters. The van der Waals surface area contributed by atoms with Crippen LogP contribution < -0.4 is 0 Å². The molecule has 4 rings (SSSR count). The first-order valence-corrected chi connectivity index (χ1v) is 14.8. The van der Waals surface area contributed by atoms with Crippen LogP contribution in [-0.2, 0) is 26.1 Å². The molecule has 3 heterocycles. The molecule has 0 atom stereocenters. The highest BCUT2D eigenvalue weighted by atomic mass is 15.3. The molecule has 8 heteroatoms. The lowest BCUT2D eigenvalue weighted by Gasteiger charge is -2.24. The number of rotatable bonds is 17. The Labute approximate surface area is 229 Å². The second-order valence-corrected chi connectivity index (χ2v) is 10.7. The van der Waals surface area contributed by atoms with E-state index >= 15 is 0 Å². The molecule has 0 spiro atoms. The molecule has 0 saturated carbocycles. The molecule has 0 amide bonds. The van der Waals surface area contributed by atoms with Gasteiger partial charge in [-0.3, -0.25) is 9.89 Å². The first kappa shape index (κ1) is 28.3. The molecule has 208 valence electrons. The molecule has 38 heavy (non-hydrogen) atoms. The molecule has 0 radical (unpaired) electrons. The summed E-state index contributed by atoms with van der Waals surface area (Å²) in [6.07, 6.45) is 10.8. The maximum atomic E-state index is 5.16. The minimum atomic E-state index is 0.764. The molecule has 3 aromatic rings. The van der Waals surface area contributed by atoms with Gasteiger partial charge in [0, 0.05) is 45.5 Å². The third-order valence-corrected chi connectivity index (χ3v) is 7.41. The third-order valence-electron chi connectivity index (χ3n) is 7.41. The lowest BCUT2D eigenvalue weighted by Crippen LogP contribution is -2.36. The van der Waals surface area contributed by atoms with Gasteiger partial charge in [-0.25, -0.2) is 9.97 Å². The summed E-state index contributed by atoms with van der Waals surface area (Å²) >= 11 is 0. The second-order valence-electron chi connectivity index (χ2n) is 10.7. The minimum Gasteiger partial charge on any atom is -0.360 e. The number of H-pyrrole nitrogens is 1. The summed E-state index contributed by atoms with van der Waals surface area (Å²) in [6, 6.07) is 6.86. The molecule has 0 aliphatic carbocycles. The number of fused-ring (bicyclic) bond motifs is 1. The van der Waals surface area contributed by atoms with Crippen LogP contribution in [0.1, 0.15) is 70.1 Å². The number of hydrogen-bond acceptors (Lipinski definition) is 6. The quantitative estimate of drug-likeness (QED) is 0.255. The van der Waals surface area contributed by atoms with Crippen molar-refractivity contribution in [2.45, 2.75) is 78.9 Å². The van der Waals surface area contributed by atoms with Crippen molar-refractivity contribution in [2.75, 3.05) is 46.3 Å². The van der Waals surface area contributed by atoms with Gasteiger partial charge in [-0.15, -0.1) is 0 Å². The van der Waals surface area contributed by atoms with Crippen molar-refractivity contribution in [2.24, 2.45) is 4.99 Å². The van der Waals surface area contributed by atoms with E-state index in [1.54, 1.807) is 0 Å². The highest BCUT2D eigenvalue weighted by Gasteiger charge is 2.19. The highest BCUT2D eigenvalue weighted by Crippen LogP contribution is 2.22. The normalized spacial score (nSPS) is 13.9. The first-order chi connectivity index (χ1) is 18.6. The largest absolute Gasteiger partial charge is 0.360 e. The number of hydrogen-bond donors (Lipinski definition) is 1. The summed E-state index contributed by atoms with van der Waals surface area (Å²) in [6.45, 7) is 15.8. The van der Waals surface area contributed by atoms with Gasteiger partial charge in [-0.2, -0.15) is 0 Å². The summed E-state index contributed by atoms with van der Waals surface area (Å²) in [5.74, 6) is 3.38. The minimum absolute atomic E-state index is 0.764. The second kappa shape index (κ2) is 14.4. The van der Waals surface area contributed by atoms with E-state index in [9.17, 15) is 0 Å². The zero-order chi connectivity index (χ0) is 26.7. The van der Waals surface area contributed by atoms with Gasteiger partial charge in [-0.1, -0.05) is 26.8 Å². The van der Waals surface area contributed by atoms with E-state index < -0.39 is 0 Å². The number of aromatic nitrogens is 4. The highest BCUT2D eigenvalue weighted by molar-refractivity contribution is 5.85. The number of nitrogens with one attached hydrogen (secondary N) is 1. The van der Waals surface area contributed by atoms with Gasteiger partial charge in [0.2, 0.25) is 0 Å². The first-order valence-electron chi connectivity index (χ1n) is 14.8. The Morgan fingerprint density at radius 3 is 2.47 bits per heavy atom. The molecule has 2 aromatic heterocycles. The number of nitrogens with zero attached hydrogens (tertiary/aromatic N) is 7. The van der Waals surface area contributed by atoms with E-state index in [2.05, 4.69) is 75.3 Å². The third kappa shape index (κ3) is 7.67. The van der Waals surface area contributed by atoms with Crippen molar-refractivity contribution >= 4 is 16.9 Å². The maximum absolute atomic E-state index is 5.16. The van der Waals surface area contributed by atoms with Crippen LogP contribution in [0.25, 0.3) is 11.0 Å². The van der Waals surface area contributed by atoms with Gasteiger partial charge in [0.05, 0.1) is 30.7 Å². The van der Waals surface area contributed by atoms with E-state index in [0.29, 0.717) is 0 Å². The van der Waals surface area contributed by atoms with Crippen LogP contribution in [0, 0.1) is 0 Å². The van der Waals surface area contributed by atoms with Crippen LogP contribution in [0.5, 0.6) is 0 Å². The van der Waals surface area contributed by atoms with Crippen molar-refractivity contribution in [3.05, 3.63) is 47.8 Å². The van der Waals surface area contributed by atoms with E-state index in [4.69, 9.17) is 9.98 Å². The standard InChI is InChI=1S/C30H48N8/c1-5-16-36(17-6-2)19-9-8-10-29-34-26-21-25(11-12-27(26)38(29)18-7-3)22-37(23-28-31-13-14-32-28)24-30-33-15-20-35(30)4/h11-14,21H,5-10,15-20,22-24H2,1-4H3,(H,31,32). The monoisotopic (exact) mass is 520 g/mol. The fourth-order valence-electron chi connectivity index (χ4n) is 5.55. The van der Waals surface area contributed by atoms with Crippen LogP contribution in [0.2, 0.25) is 0 Å². The molecule has 8 nitrogen and oxygen atoms in total. The van der Waals surface area contributed by atoms with Gasteiger partial charge in [0.15, 0.2) is 0 Å². The average molecular weight is 521 g/mol. The van der Waals surface area contributed by atoms with Crippen LogP contribution in [0.3, 0.4) is 0 Å². The molecule has 0 bridgehead atoms. The Morgan fingerprint density at radius 1 is 0.947 bits per heavy atom. The van der Waals surface area contributed by atoms with Crippen LogP contribution in [0.4, 0.5) is 0 Å². The van der Waals surface area contributed by atoms with Crippen LogP contribution >= 0.6 is 0 Å². The number of unbranched alkanes of at least 4 members (excludes halogenated alkanes) is 1. The average Bonchev–Trinajstić information content (AvgIpc) is 3.64. The van der Waals surface area contributed by atoms with Crippen LogP contribution in [0.15, 0.2) is 35.6 Å². The Bertz CT molecular complexity index is 1130. The Hall–Kier alpha value is -2.71. The lowest BCUT2D eigenvalue weighted by molar-refractivity contribution is 0.269. The molecule has 1 N–H and O–H groups in total. The van der Waals surface area contributed by atoms with Gasteiger partial charge in [0.1, 0.15) is 17.5 Å². The summed E-state index contributed by atoms with van der Waals surface area (Å²) in [4.78, 5) is 24.9. The molecule has 1 aliphatic rings. The lowest BCUT2D eigenvalue weighted by atomic mass is 10.1. The molecule has 1 aromatic carbocycles. The topological polar surface area (TPSA) is 68.6 Å². The SMILES string of the molecule is CCCN(CCC)CCCCc1nc2cc(CN(CC3=NCCN3C)Cc3ncc[nH]3)ccc2n1CCC. The predicted molar refractivity (Wildman–Crippen MR) is 158 cm³/mol. The van der Waals surface area contributed by atoms with Crippen molar-refractivity contribution in [3.8, 4) is 0 Å². The fraction of sp³-hybridized carbons (Fsp3) is 0.633. The number of aliphatic imine (C=N–C) groups is 1. The molecule has 0 saturated heterocycles. The zero-order valence-electron chi connectivity index (χ0n) is 24.1. The van der Waals surface area contributed by atoms with Crippen molar-refractivity contribution < 1.29 is 0 Å². The molecular weight excluding hydrogens is 472 g/mol. The number of aromatic amines is 1. The zero-order valence-corrected chi connectivity index (χ0v) is 24.1. The number of amidine groups is 1. The number of likely N-dealkylation sites (N-methyl/N-ethyl adjacent to an activating group) is 1. The summed E-state index contributed by atoms with van der Waals surface area (Å²) in [5.41, 5.74) is 3.67. The van der Waals surface area contributed by atoms with Gasteiger partial charge >= 0.3 is 0 Å². The van der Waals surface area contributed by atoms with Crippen molar-refractivity contribution in [1.82, 2.24) is 34.2 Å². The van der Waals surface area contributed by atoms with Gasteiger partial charge in [0.25, 0.3) is 0 Å². The fourth-order valence-corrected chi connectivity index (χ4v) is 5.55. The van der Waals surface area contributed by atoms with E-state index in [0.717, 1.165) is 69.3 Å². The molecular formula is C30H48N8. The summed E-state index contributed by atoms with van der Waals surface area (Å²) in [5, 5.41) is 0. The summed E-state index contributed by atoms with van der Waals surface area (Å²) < 4.78 is 2.46. The van der Waals surface area contributed by atoms with E-state index in [1.807, 2.05) is 12.4 Å². The number of benzene rings is 1. The molecule has 0 fully saturated rings. The molecule has 1 aliphatic heterocycles. The predicted octanol–water partition coefficient (Wildman–Crippen LogP) is 4.96. The Kier molecular flexibility index (Phi) is 10.8. The number of aryl methyl sites for hydroxylation is 2. The smallest absolute Gasteiger partial charge is 0.120 e. The summed E-state index contributed by atoms with van der Waals surface area (Å²) in [7, 11) is 2.13. The maximum Gasteiger partial charge on any atom is 0.120 e. The van der Waals surface area contributed by atoms with Crippen LogP contribution in [-0.4, -0.2) is 86.4 Å². The number of imidazole rings is 2. The van der Waals surface area contributed by atoms with E-state index in [-0.39, 0.29) is 0 Å². The Morgan fingerprint density at radius 2 is 1.79 bits per heavy atom. The van der Waals surface area contributed by atoms with Crippen molar-refractivity contribution in [3.63, 3.8) is 0 Å².